The molecule has 1 unspecified atom stereocenters. The molecule has 0 radical (unpaired) electrons. The summed E-state index contributed by atoms with van der Waals surface area (Å²) in [6.45, 7) is 2.38. The lowest BCUT2D eigenvalue weighted by Crippen LogP contribution is -2.26. The van der Waals surface area contributed by atoms with Crippen LogP contribution in [0, 0.1) is 0 Å². The number of aromatic nitrogens is 6. The van der Waals surface area contributed by atoms with E-state index in [0.717, 1.165) is 12.1 Å². The van der Waals surface area contributed by atoms with Gasteiger partial charge in [0.25, 0.3) is 11.8 Å². The highest BCUT2D eigenvalue weighted by Crippen LogP contribution is 2.27. The molecule has 36 heavy (non-hydrogen) atoms. The van der Waals surface area contributed by atoms with Crippen molar-refractivity contribution in [1.82, 2.24) is 34.8 Å². The van der Waals surface area contributed by atoms with Crippen molar-refractivity contribution < 1.29 is 13.6 Å². The minimum absolute atomic E-state index is 0.00850. The highest BCUT2D eigenvalue weighted by Gasteiger charge is 2.22. The molecule has 5 rings (SSSR count). The van der Waals surface area contributed by atoms with Crippen molar-refractivity contribution in [2.45, 2.75) is 25.8 Å². The zero-order chi connectivity index (χ0) is 25.1. The van der Waals surface area contributed by atoms with Crippen molar-refractivity contribution in [3.05, 3.63) is 89.9 Å². The number of amides is 1. The summed E-state index contributed by atoms with van der Waals surface area (Å²) in [5.74, 6) is 0.802. The average Bonchev–Trinajstić information content (AvgIpc) is 3.66. The van der Waals surface area contributed by atoms with E-state index in [0.29, 0.717) is 29.4 Å². The van der Waals surface area contributed by atoms with Crippen LogP contribution in [0.2, 0.25) is 0 Å². The molecule has 4 aromatic heterocycles. The second-order valence-electron chi connectivity index (χ2n) is 8.64. The van der Waals surface area contributed by atoms with Crippen LogP contribution < -0.4 is 0 Å². The first-order valence-electron chi connectivity index (χ1n) is 11.5. The standard InChI is InChI=1S/C26H25N7O3/c1-17(13-18-7-5-4-6-8-18)23-29-30-25(36-23)22-15-19(14-21(28-22)24-27-10-12-35-24)26(34)32(2)16-20-9-11-33(3)31-20/h4-12,14-15,17H,13,16H2,1-3H3. The molecule has 0 fully saturated rings. The first-order valence-corrected chi connectivity index (χ1v) is 11.5. The van der Waals surface area contributed by atoms with Crippen LogP contribution in [-0.4, -0.2) is 47.8 Å². The maximum absolute atomic E-state index is 13.3. The molecule has 0 aliphatic heterocycles. The lowest BCUT2D eigenvalue weighted by Gasteiger charge is -2.16. The molecular formula is C26H25N7O3. The van der Waals surface area contributed by atoms with E-state index in [1.165, 1.54) is 18.0 Å². The Morgan fingerprint density at radius 1 is 1.08 bits per heavy atom. The van der Waals surface area contributed by atoms with E-state index in [1.54, 1.807) is 28.8 Å². The molecule has 1 amide bonds. The van der Waals surface area contributed by atoms with Crippen molar-refractivity contribution in [3.63, 3.8) is 0 Å². The quantitative estimate of drug-likeness (QED) is 0.323. The third-order valence-electron chi connectivity index (χ3n) is 5.70. The van der Waals surface area contributed by atoms with E-state index in [4.69, 9.17) is 8.83 Å². The lowest BCUT2D eigenvalue weighted by molar-refractivity contribution is 0.0783. The van der Waals surface area contributed by atoms with E-state index in [9.17, 15) is 4.79 Å². The Morgan fingerprint density at radius 3 is 2.56 bits per heavy atom. The number of carbonyl (C=O) groups excluding carboxylic acids is 1. The Hall–Kier alpha value is -4.60. The number of nitrogens with zero attached hydrogens (tertiary/aromatic N) is 7. The maximum Gasteiger partial charge on any atom is 0.266 e. The largest absolute Gasteiger partial charge is 0.443 e. The molecule has 5 aromatic rings. The van der Waals surface area contributed by atoms with Crippen LogP contribution in [0.5, 0.6) is 0 Å². The topological polar surface area (TPSA) is 116 Å². The molecule has 0 spiro atoms. The summed E-state index contributed by atoms with van der Waals surface area (Å²) >= 11 is 0. The Labute approximate surface area is 207 Å². The Morgan fingerprint density at radius 2 is 1.86 bits per heavy atom. The van der Waals surface area contributed by atoms with Gasteiger partial charge in [-0.25, -0.2) is 9.97 Å². The zero-order valence-electron chi connectivity index (χ0n) is 20.2. The van der Waals surface area contributed by atoms with Crippen molar-refractivity contribution in [1.29, 1.82) is 0 Å². The van der Waals surface area contributed by atoms with Crippen LogP contribution in [0.15, 0.2) is 76.0 Å². The lowest BCUT2D eigenvalue weighted by atomic mass is 10.0. The van der Waals surface area contributed by atoms with E-state index in [-0.39, 0.29) is 23.6 Å². The molecule has 0 saturated carbocycles. The molecule has 1 aromatic carbocycles. The Bertz CT molecular complexity index is 1460. The van der Waals surface area contributed by atoms with Crippen molar-refractivity contribution in [3.8, 4) is 23.2 Å². The van der Waals surface area contributed by atoms with Gasteiger partial charge in [0, 0.05) is 31.8 Å². The summed E-state index contributed by atoms with van der Waals surface area (Å²) in [4.78, 5) is 23.7. The Balaban J connectivity index is 1.44. The van der Waals surface area contributed by atoms with E-state index in [1.807, 2.05) is 44.4 Å². The first-order chi connectivity index (χ1) is 17.5. The van der Waals surface area contributed by atoms with Crippen LogP contribution in [0.25, 0.3) is 23.2 Å². The van der Waals surface area contributed by atoms with Gasteiger partial charge in [-0.1, -0.05) is 37.3 Å². The molecular weight excluding hydrogens is 458 g/mol. The predicted molar refractivity (Wildman–Crippen MR) is 131 cm³/mol. The van der Waals surface area contributed by atoms with Gasteiger partial charge in [0.1, 0.15) is 17.7 Å². The van der Waals surface area contributed by atoms with Gasteiger partial charge in [0.05, 0.1) is 18.4 Å². The SMILES string of the molecule is CC(Cc1ccccc1)c1nnc(-c2cc(C(=O)N(C)Cc3ccn(C)n3)cc(-c3ncco3)n2)o1. The van der Waals surface area contributed by atoms with Gasteiger partial charge in [0.15, 0.2) is 0 Å². The minimum Gasteiger partial charge on any atom is -0.443 e. The fraction of sp³-hybridized carbons (Fsp3) is 0.231. The molecule has 0 saturated heterocycles. The fourth-order valence-corrected chi connectivity index (χ4v) is 3.90. The van der Waals surface area contributed by atoms with Gasteiger partial charge in [-0.15, -0.1) is 10.2 Å². The van der Waals surface area contributed by atoms with Crippen LogP contribution in [0.3, 0.4) is 0 Å². The van der Waals surface area contributed by atoms with E-state index >= 15 is 0 Å². The smallest absolute Gasteiger partial charge is 0.266 e. The van der Waals surface area contributed by atoms with Gasteiger partial charge < -0.3 is 13.7 Å². The first kappa shape index (κ1) is 23.2. The molecule has 4 heterocycles. The minimum atomic E-state index is -0.214. The average molecular weight is 484 g/mol. The number of hydrogen-bond donors (Lipinski definition) is 0. The summed E-state index contributed by atoms with van der Waals surface area (Å²) in [5, 5.41) is 12.8. The number of hydrogen-bond acceptors (Lipinski definition) is 8. The summed E-state index contributed by atoms with van der Waals surface area (Å²) in [7, 11) is 3.56. The normalized spacial score (nSPS) is 12.0. The maximum atomic E-state index is 13.3. The van der Waals surface area contributed by atoms with Crippen LogP contribution in [0.1, 0.15) is 40.3 Å². The number of benzene rings is 1. The van der Waals surface area contributed by atoms with Gasteiger partial charge in [0.2, 0.25) is 11.8 Å². The summed E-state index contributed by atoms with van der Waals surface area (Å²) in [6.07, 6.45) is 5.57. The van der Waals surface area contributed by atoms with Crippen molar-refractivity contribution in [2.75, 3.05) is 7.05 Å². The second-order valence-corrected chi connectivity index (χ2v) is 8.64. The summed E-state index contributed by atoms with van der Waals surface area (Å²) < 4.78 is 13.1. The predicted octanol–water partition coefficient (Wildman–Crippen LogP) is 4.14. The number of oxazole rings is 1. The van der Waals surface area contributed by atoms with Gasteiger partial charge in [-0.2, -0.15) is 5.10 Å². The number of carbonyl (C=O) groups is 1. The zero-order valence-corrected chi connectivity index (χ0v) is 20.2. The highest BCUT2D eigenvalue weighted by atomic mass is 16.4. The summed E-state index contributed by atoms with van der Waals surface area (Å²) in [5.41, 5.74) is 3.11. The third-order valence-corrected chi connectivity index (χ3v) is 5.70. The van der Waals surface area contributed by atoms with Crippen LogP contribution in [-0.2, 0) is 20.0 Å². The monoisotopic (exact) mass is 483 g/mol. The second kappa shape index (κ2) is 9.95. The molecule has 0 bridgehead atoms. The van der Waals surface area contributed by atoms with Crippen molar-refractivity contribution in [2.24, 2.45) is 7.05 Å². The molecule has 0 aliphatic rings. The van der Waals surface area contributed by atoms with Gasteiger partial charge in [-0.3, -0.25) is 9.48 Å². The van der Waals surface area contributed by atoms with Crippen LogP contribution in [0.4, 0.5) is 0 Å². The third kappa shape index (κ3) is 5.07. The molecule has 0 aliphatic carbocycles. The molecule has 1 atom stereocenters. The Kier molecular flexibility index (Phi) is 6.40. The highest BCUT2D eigenvalue weighted by molar-refractivity contribution is 5.95. The van der Waals surface area contributed by atoms with Crippen LogP contribution >= 0.6 is 0 Å². The summed E-state index contributed by atoms with van der Waals surface area (Å²) in [6, 6.07) is 15.3. The molecule has 10 heteroatoms. The van der Waals surface area contributed by atoms with E-state index < -0.39 is 0 Å². The van der Waals surface area contributed by atoms with Gasteiger partial charge in [-0.05, 0) is 30.2 Å². The van der Waals surface area contributed by atoms with E-state index in [2.05, 4.69) is 37.4 Å². The molecule has 0 N–H and O–H groups in total. The molecule has 10 nitrogen and oxygen atoms in total. The van der Waals surface area contributed by atoms with Crippen molar-refractivity contribution >= 4 is 5.91 Å². The molecule has 182 valence electrons. The number of rotatable bonds is 8. The number of aryl methyl sites for hydroxylation is 1. The number of pyridine rings is 1. The fourth-order valence-electron chi connectivity index (χ4n) is 3.90. The van der Waals surface area contributed by atoms with Gasteiger partial charge >= 0.3 is 0 Å².